The third-order valence-electron chi connectivity index (χ3n) is 4.25. The number of hydrogen-bond donors (Lipinski definition) is 4. The molecule has 2 aromatic heterocycles. The SMILES string of the molecule is Cc1ccc(-c2nc(CNC(=O)[C@@H](N)[C@@H](C)O)[nH]c2-c2ccccn2)cc1. The molecule has 5 N–H and O–H groups in total. The normalized spacial score (nSPS) is 13.2. The average Bonchev–Trinajstić information content (AvgIpc) is 3.11. The van der Waals surface area contributed by atoms with Gasteiger partial charge in [0.25, 0.3) is 0 Å². The van der Waals surface area contributed by atoms with Gasteiger partial charge < -0.3 is 21.1 Å². The molecule has 0 radical (unpaired) electrons. The van der Waals surface area contributed by atoms with Crippen LogP contribution in [-0.2, 0) is 11.3 Å². The molecule has 0 aliphatic rings. The van der Waals surface area contributed by atoms with E-state index in [4.69, 9.17) is 5.73 Å². The molecule has 2 atom stereocenters. The highest BCUT2D eigenvalue weighted by Gasteiger charge is 2.20. The summed E-state index contributed by atoms with van der Waals surface area (Å²) in [5.41, 5.74) is 10.1. The van der Waals surface area contributed by atoms with Crippen molar-refractivity contribution in [3.05, 3.63) is 60.0 Å². The minimum Gasteiger partial charge on any atom is -0.391 e. The zero-order valence-corrected chi connectivity index (χ0v) is 15.3. The van der Waals surface area contributed by atoms with Gasteiger partial charge in [0.15, 0.2) is 0 Å². The molecule has 3 aromatic rings. The Morgan fingerprint density at radius 1 is 1.26 bits per heavy atom. The maximum atomic E-state index is 12.0. The number of pyridine rings is 1. The highest BCUT2D eigenvalue weighted by molar-refractivity contribution is 5.82. The van der Waals surface area contributed by atoms with Gasteiger partial charge in [-0.3, -0.25) is 9.78 Å². The Balaban J connectivity index is 1.90. The fourth-order valence-electron chi connectivity index (χ4n) is 2.63. The number of nitrogens with two attached hydrogens (primary N) is 1. The Hall–Kier alpha value is -3.03. The zero-order chi connectivity index (χ0) is 19.4. The largest absolute Gasteiger partial charge is 0.391 e. The van der Waals surface area contributed by atoms with Gasteiger partial charge in [0, 0.05) is 11.8 Å². The fourth-order valence-corrected chi connectivity index (χ4v) is 2.63. The van der Waals surface area contributed by atoms with E-state index in [9.17, 15) is 9.90 Å². The summed E-state index contributed by atoms with van der Waals surface area (Å²) in [7, 11) is 0. The van der Waals surface area contributed by atoms with Crippen molar-refractivity contribution in [2.75, 3.05) is 0 Å². The van der Waals surface area contributed by atoms with Crippen LogP contribution in [-0.4, -0.2) is 38.1 Å². The third kappa shape index (κ3) is 4.39. The molecule has 7 heteroatoms. The molecule has 1 amide bonds. The van der Waals surface area contributed by atoms with E-state index in [1.807, 2.05) is 49.4 Å². The number of aromatic nitrogens is 3. The summed E-state index contributed by atoms with van der Waals surface area (Å²) < 4.78 is 0. The Bertz CT molecular complexity index is 904. The number of benzene rings is 1. The van der Waals surface area contributed by atoms with E-state index in [-0.39, 0.29) is 6.54 Å². The lowest BCUT2D eigenvalue weighted by molar-refractivity contribution is -0.124. The van der Waals surface area contributed by atoms with Gasteiger partial charge in [-0.05, 0) is 26.0 Å². The van der Waals surface area contributed by atoms with Crippen LogP contribution in [0.15, 0.2) is 48.7 Å². The molecule has 140 valence electrons. The number of nitrogens with zero attached hydrogens (tertiary/aromatic N) is 2. The lowest BCUT2D eigenvalue weighted by Gasteiger charge is -2.13. The van der Waals surface area contributed by atoms with E-state index in [2.05, 4.69) is 20.3 Å². The number of carbonyl (C=O) groups is 1. The Labute approximate surface area is 157 Å². The van der Waals surface area contributed by atoms with Crippen LogP contribution in [0, 0.1) is 6.92 Å². The quantitative estimate of drug-likeness (QED) is 0.531. The van der Waals surface area contributed by atoms with Crippen molar-refractivity contribution in [1.29, 1.82) is 0 Å². The van der Waals surface area contributed by atoms with E-state index >= 15 is 0 Å². The highest BCUT2D eigenvalue weighted by atomic mass is 16.3. The summed E-state index contributed by atoms with van der Waals surface area (Å²) in [6, 6.07) is 12.7. The first-order valence-electron chi connectivity index (χ1n) is 8.74. The molecule has 0 saturated heterocycles. The number of aromatic amines is 1. The molecular formula is C20H23N5O2. The molecule has 0 aliphatic carbocycles. The van der Waals surface area contributed by atoms with Gasteiger partial charge in [0.05, 0.1) is 29.7 Å². The number of carbonyl (C=O) groups excluding carboxylic acids is 1. The van der Waals surface area contributed by atoms with Crippen molar-refractivity contribution in [2.24, 2.45) is 5.73 Å². The third-order valence-corrected chi connectivity index (χ3v) is 4.25. The summed E-state index contributed by atoms with van der Waals surface area (Å²) in [6.07, 6.45) is 0.798. The van der Waals surface area contributed by atoms with Crippen LogP contribution in [0.4, 0.5) is 0 Å². The minimum absolute atomic E-state index is 0.172. The predicted octanol–water partition coefficient (Wildman–Crippen LogP) is 1.77. The van der Waals surface area contributed by atoms with Gasteiger partial charge in [-0.25, -0.2) is 4.98 Å². The number of hydrogen-bond acceptors (Lipinski definition) is 5. The molecule has 3 rings (SSSR count). The molecular weight excluding hydrogens is 342 g/mol. The van der Waals surface area contributed by atoms with Crippen LogP contribution in [0.3, 0.4) is 0 Å². The number of aliphatic hydroxyl groups is 1. The molecule has 0 unspecified atom stereocenters. The second-order valence-corrected chi connectivity index (χ2v) is 6.47. The van der Waals surface area contributed by atoms with E-state index in [1.54, 1.807) is 6.20 Å². The molecule has 1 aromatic carbocycles. The van der Waals surface area contributed by atoms with Crippen molar-refractivity contribution in [3.8, 4) is 22.6 Å². The molecule has 0 fully saturated rings. The summed E-state index contributed by atoms with van der Waals surface area (Å²) >= 11 is 0. The van der Waals surface area contributed by atoms with Crippen LogP contribution in [0.1, 0.15) is 18.3 Å². The number of nitrogens with one attached hydrogen (secondary N) is 2. The van der Waals surface area contributed by atoms with Gasteiger partial charge in [-0.1, -0.05) is 35.9 Å². The maximum absolute atomic E-state index is 12.0. The van der Waals surface area contributed by atoms with Crippen LogP contribution in [0.2, 0.25) is 0 Å². The number of rotatable bonds is 6. The topological polar surface area (TPSA) is 117 Å². The molecule has 0 saturated carbocycles. The maximum Gasteiger partial charge on any atom is 0.239 e. The molecule has 0 aliphatic heterocycles. The van der Waals surface area contributed by atoms with Crippen molar-refractivity contribution < 1.29 is 9.90 Å². The first-order chi connectivity index (χ1) is 13.0. The van der Waals surface area contributed by atoms with Gasteiger partial charge in [-0.15, -0.1) is 0 Å². The van der Waals surface area contributed by atoms with Crippen molar-refractivity contribution in [3.63, 3.8) is 0 Å². The van der Waals surface area contributed by atoms with E-state index in [1.165, 1.54) is 6.92 Å². The monoisotopic (exact) mass is 365 g/mol. The molecule has 0 spiro atoms. The average molecular weight is 365 g/mol. The summed E-state index contributed by atoms with van der Waals surface area (Å²) in [4.78, 5) is 24.3. The van der Waals surface area contributed by atoms with Crippen molar-refractivity contribution in [1.82, 2.24) is 20.3 Å². The smallest absolute Gasteiger partial charge is 0.239 e. The first-order valence-corrected chi connectivity index (χ1v) is 8.74. The van der Waals surface area contributed by atoms with E-state index in [0.29, 0.717) is 5.82 Å². The zero-order valence-electron chi connectivity index (χ0n) is 15.3. The van der Waals surface area contributed by atoms with Crippen LogP contribution in [0.5, 0.6) is 0 Å². The summed E-state index contributed by atoms with van der Waals surface area (Å²) in [5, 5.41) is 12.1. The first kappa shape index (κ1) is 18.8. The number of amides is 1. The summed E-state index contributed by atoms with van der Waals surface area (Å²) in [6.45, 7) is 3.68. The number of H-pyrrole nitrogens is 1. The standard InChI is InChI=1S/C20H23N5O2/c1-12-6-8-14(9-7-12)18-19(15-5-3-4-10-22-15)25-16(24-18)11-23-20(27)17(21)13(2)26/h3-10,13,17,26H,11,21H2,1-2H3,(H,23,27)(H,24,25)/t13-,17+/m1/s1. The van der Waals surface area contributed by atoms with Crippen molar-refractivity contribution >= 4 is 5.91 Å². The molecule has 7 nitrogen and oxygen atoms in total. The van der Waals surface area contributed by atoms with Gasteiger partial charge in [0.2, 0.25) is 5.91 Å². The lowest BCUT2D eigenvalue weighted by Crippen LogP contribution is -2.46. The number of imidazole rings is 1. The van der Waals surface area contributed by atoms with Crippen LogP contribution < -0.4 is 11.1 Å². The number of aliphatic hydroxyl groups excluding tert-OH is 1. The lowest BCUT2D eigenvalue weighted by atomic mass is 10.1. The second kappa shape index (κ2) is 8.11. The van der Waals surface area contributed by atoms with Gasteiger partial charge in [-0.2, -0.15) is 0 Å². The van der Waals surface area contributed by atoms with E-state index in [0.717, 1.165) is 28.2 Å². The van der Waals surface area contributed by atoms with Gasteiger partial charge >= 0.3 is 0 Å². The minimum atomic E-state index is -0.980. The molecule has 2 heterocycles. The predicted molar refractivity (Wildman–Crippen MR) is 103 cm³/mol. The molecule has 0 bridgehead atoms. The van der Waals surface area contributed by atoms with E-state index < -0.39 is 18.1 Å². The van der Waals surface area contributed by atoms with Crippen molar-refractivity contribution in [2.45, 2.75) is 32.5 Å². The fraction of sp³-hybridized carbons (Fsp3) is 0.250. The van der Waals surface area contributed by atoms with Crippen LogP contribution in [0.25, 0.3) is 22.6 Å². The highest BCUT2D eigenvalue weighted by Crippen LogP contribution is 2.29. The second-order valence-electron chi connectivity index (χ2n) is 6.47. The Morgan fingerprint density at radius 3 is 2.63 bits per heavy atom. The van der Waals surface area contributed by atoms with Gasteiger partial charge in [0.1, 0.15) is 11.9 Å². The summed E-state index contributed by atoms with van der Waals surface area (Å²) in [5.74, 6) is 0.148. The Kier molecular flexibility index (Phi) is 5.63. The number of aryl methyl sites for hydroxylation is 1. The molecule has 27 heavy (non-hydrogen) atoms. The van der Waals surface area contributed by atoms with Crippen LogP contribution >= 0.6 is 0 Å². The Morgan fingerprint density at radius 2 is 2.00 bits per heavy atom.